The number of nitrogens with two attached hydrogens (primary N) is 1. The lowest BCUT2D eigenvalue weighted by Gasteiger charge is -2.12. The Labute approximate surface area is 166 Å². The average molecular weight is 419 g/mol. The Balaban J connectivity index is 1.95. The van der Waals surface area contributed by atoms with Crippen molar-refractivity contribution < 1.29 is 0 Å². The molecule has 0 atom stereocenters. The second-order valence-corrected chi connectivity index (χ2v) is 7.72. The number of halogens is 1. The predicted octanol–water partition coefficient (Wildman–Crippen LogP) is 5.83. The summed E-state index contributed by atoms with van der Waals surface area (Å²) in [6.07, 6.45) is 1.46. The van der Waals surface area contributed by atoms with Crippen molar-refractivity contribution in [2.75, 3.05) is 5.73 Å². The number of nitrogens with zero attached hydrogens (tertiary/aromatic N) is 3. The topological polar surface area (TPSA) is 64.7 Å². The van der Waals surface area contributed by atoms with E-state index in [4.69, 9.17) is 10.7 Å². The van der Waals surface area contributed by atoms with Gasteiger partial charge in [0.25, 0.3) is 0 Å². The zero-order chi connectivity index (χ0) is 19.0. The van der Waals surface area contributed by atoms with Crippen LogP contribution >= 0.6 is 15.9 Å². The van der Waals surface area contributed by atoms with E-state index in [1.54, 1.807) is 0 Å². The number of fused-ring (bicyclic) bond motifs is 1. The summed E-state index contributed by atoms with van der Waals surface area (Å²) in [5, 5.41) is 0.776. The van der Waals surface area contributed by atoms with Crippen molar-refractivity contribution in [3.05, 3.63) is 71.0 Å². The van der Waals surface area contributed by atoms with Crippen LogP contribution in [0, 0.1) is 0 Å². The molecule has 0 spiro atoms. The number of anilines is 1. The second-order valence-electron chi connectivity index (χ2n) is 6.80. The summed E-state index contributed by atoms with van der Waals surface area (Å²) in [4.78, 5) is 13.3. The van der Waals surface area contributed by atoms with Crippen molar-refractivity contribution in [2.45, 2.75) is 19.8 Å². The molecule has 0 saturated heterocycles. The van der Waals surface area contributed by atoms with Crippen LogP contribution < -0.4 is 5.73 Å². The van der Waals surface area contributed by atoms with Gasteiger partial charge in [0.15, 0.2) is 5.65 Å². The van der Waals surface area contributed by atoms with Crippen molar-refractivity contribution >= 4 is 32.8 Å². The van der Waals surface area contributed by atoms with Crippen molar-refractivity contribution in [1.82, 2.24) is 15.0 Å². The summed E-state index contributed by atoms with van der Waals surface area (Å²) < 4.78 is 1.00. The zero-order valence-electron chi connectivity index (χ0n) is 15.1. The number of pyridine rings is 1. The van der Waals surface area contributed by atoms with Crippen LogP contribution in [0.5, 0.6) is 0 Å². The van der Waals surface area contributed by atoms with Gasteiger partial charge in [-0.3, -0.25) is 0 Å². The first-order valence-electron chi connectivity index (χ1n) is 8.80. The Morgan fingerprint density at radius 2 is 1.70 bits per heavy atom. The third-order valence-electron chi connectivity index (χ3n) is 4.64. The highest BCUT2D eigenvalue weighted by molar-refractivity contribution is 9.10. The predicted molar refractivity (Wildman–Crippen MR) is 114 cm³/mol. The summed E-state index contributed by atoms with van der Waals surface area (Å²) in [6.45, 7) is 4.38. The molecule has 0 amide bonds. The van der Waals surface area contributed by atoms with E-state index in [9.17, 15) is 0 Å². The van der Waals surface area contributed by atoms with Gasteiger partial charge < -0.3 is 5.73 Å². The van der Waals surface area contributed by atoms with Gasteiger partial charge in [-0.2, -0.15) is 0 Å². The standard InChI is InChI=1S/C22H19BrN4/c1-13(2)14-6-8-15(9-7-14)19-11-18(16-4-3-5-17(23)10-16)20-21(24)25-12-26-22(20)27-19/h3-13H,1-2H3,(H2,24,25,26,27). The number of rotatable bonds is 3. The minimum absolute atomic E-state index is 0.434. The molecule has 0 aliphatic carbocycles. The summed E-state index contributed by atoms with van der Waals surface area (Å²) in [6, 6.07) is 18.7. The molecule has 134 valence electrons. The number of hydrogen-bond acceptors (Lipinski definition) is 4. The maximum Gasteiger partial charge on any atom is 0.165 e. The van der Waals surface area contributed by atoms with Gasteiger partial charge in [0.05, 0.1) is 11.1 Å². The quantitative estimate of drug-likeness (QED) is 0.454. The van der Waals surface area contributed by atoms with E-state index < -0.39 is 0 Å². The highest BCUT2D eigenvalue weighted by Gasteiger charge is 2.14. The molecule has 27 heavy (non-hydrogen) atoms. The summed E-state index contributed by atoms with van der Waals surface area (Å²) in [7, 11) is 0. The fourth-order valence-corrected chi connectivity index (χ4v) is 3.56. The number of benzene rings is 2. The maximum atomic E-state index is 6.17. The molecular weight excluding hydrogens is 400 g/mol. The van der Waals surface area contributed by atoms with E-state index in [0.29, 0.717) is 17.4 Å². The SMILES string of the molecule is CC(C)c1ccc(-c2cc(-c3cccc(Br)c3)c3c(N)ncnc3n2)cc1. The maximum absolute atomic E-state index is 6.17. The van der Waals surface area contributed by atoms with Gasteiger partial charge >= 0.3 is 0 Å². The third-order valence-corrected chi connectivity index (χ3v) is 5.14. The van der Waals surface area contributed by atoms with Crippen LogP contribution in [0.4, 0.5) is 5.82 Å². The minimum atomic E-state index is 0.434. The van der Waals surface area contributed by atoms with Crippen LogP contribution in [0.1, 0.15) is 25.3 Å². The van der Waals surface area contributed by atoms with Gasteiger partial charge in [0.2, 0.25) is 0 Å². The van der Waals surface area contributed by atoms with Crippen LogP contribution in [-0.2, 0) is 0 Å². The van der Waals surface area contributed by atoms with Gasteiger partial charge in [-0.1, -0.05) is 66.2 Å². The molecule has 0 fully saturated rings. The van der Waals surface area contributed by atoms with Crippen LogP contribution in [0.3, 0.4) is 0 Å². The van der Waals surface area contributed by atoms with Gasteiger partial charge in [-0.15, -0.1) is 0 Å². The number of aromatic nitrogens is 3. The van der Waals surface area contributed by atoms with Crippen molar-refractivity contribution in [3.8, 4) is 22.4 Å². The van der Waals surface area contributed by atoms with Crippen molar-refractivity contribution in [3.63, 3.8) is 0 Å². The first kappa shape index (κ1) is 17.6. The van der Waals surface area contributed by atoms with Crippen LogP contribution in [-0.4, -0.2) is 15.0 Å². The molecule has 2 aromatic heterocycles. The Bertz CT molecular complexity index is 1120. The Kier molecular flexibility index (Phi) is 4.62. The van der Waals surface area contributed by atoms with Crippen molar-refractivity contribution in [1.29, 1.82) is 0 Å². The Hall–Kier alpha value is -2.79. The van der Waals surface area contributed by atoms with E-state index >= 15 is 0 Å². The molecule has 0 aliphatic heterocycles. The fourth-order valence-electron chi connectivity index (χ4n) is 3.16. The zero-order valence-corrected chi connectivity index (χ0v) is 16.7. The van der Waals surface area contributed by atoms with E-state index in [2.05, 4.69) is 82.2 Å². The lowest BCUT2D eigenvalue weighted by molar-refractivity contribution is 0.867. The third kappa shape index (κ3) is 3.43. The summed E-state index contributed by atoms with van der Waals surface area (Å²) in [5.41, 5.74) is 12.0. The lowest BCUT2D eigenvalue weighted by Crippen LogP contribution is -1.99. The Morgan fingerprint density at radius 1 is 0.926 bits per heavy atom. The van der Waals surface area contributed by atoms with E-state index in [-0.39, 0.29) is 0 Å². The van der Waals surface area contributed by atoms with Gasteiger partial charge in [-0.05, 0) is 40.8 Å². The highest BCUT2D eigenvalue weighted by Crippen LogP contribution is 2.34. The van der Waals surface area contributed by atoms with E-state index in [0.717, 1.165) is 32.2 Å². The van der Waals surface area contributed by atoms with E-state index in [1.165, 1.54) is 11.9 Å². The second kappa shape index (κ2) is 7.08. The molecule has 4 aromatic rings. The molecule has 0 unspecified atom stereocenters. The molecule has 4 nitrogen and oxygen atoms in total. The molecule has 4 rings (SSSR count). The molecule has 0 radical (unpaired) electrons. The van der Waals surface area contributed by atoms with Crippen molar-refractivity contribution in [2.24, 2.45) is 0 Å². The molecule has 0 saturated carbocycles. The van der Waals surface area contributed by atoms with Crippen LogP contribution in [0.2, 0.25) is 0 Å². The van der Waals surface area contributed by atoms with Gasteiger partial charge in [0, 0.05) is 10.0 Å². The molecule has 5 heteroatoms. The number of nitrogen functional groups attached to an aromatic ring is 1. The van der Waals surface area contributed by atoms with Crippen LogP contribution in [0.15, 0.2) is 65.4 Å². The first-order chi connectivity index (χ1) is 13.0. The number of hydrogen-bond donors (Lipinski definition) is 1. The molecule has 2 N–H and O–H groups in total. The van der Waals surface area contributed by atoms with E-state index in [1.807, 2.05) is 12.1 Å². The fraction of sp³-hybridized carbons (Fsp3) is 0.136. The highest BCUT2D eigenvalue weighted by atomic mass is 79.9. The summed E-state index contributed by atoms with van der Waals surface area (Å²) >= 11 is 3.55. The molecule has 2 heterocycles. The molecule has 2 aromatic carbocycles. The smallest absolute Gasteiger partial charge is 0.165 e. The largest absolute Gasteiger partial charge is 0.383 e. The molecule has 0 aliphatic rings. The van der Waals surface area contributed by atoms with Crippen LogP contribution in [0.25, 0.3) is 33.4 Å². The normalized spacial score (nSPS) is 11.3. The minimum Gasteiger partial charge on any atom is -0.383 e. The Morgan fingerprint density at radius 3 is 2.41 bits per heavy atom. The van der Waals surface area contributed by atoms with Gasteiger partial charge in [0.1, 0.15) is 12.1 Å². The monoisotopic (exact) mass is 418 g/mol. The molecular formula is C22H19BrN4. The van der Waals surface area contributed by atoms with Gasteiger partial charge in [-0.25, -0.2) is 15.0 Å². The summed E-state index contributed by atoms with van der Waals surface area (Å²) in [5.74, 6) is 0.928. The lowest BCUT2D eigenvalue weighted by atomic mass is 9.98. The first-order valence-corrected chi connectivity index (χ1v) is 9.59. The average Bonchev–Trinajstić information content (AvgIpc) is 2.67. The molecule has 0 bridgehead atoms.